The van der Waals surface area contributed by atoms with Crippen molar-refractivity contribution in [2.75, 3.05) is 0 Å². The van der Waals surface area contributed by atoms with Gasteiger partial charge < -0.3 is 14.2 Å². The van der Waals surface area contributed by atoms with Gasteiger partial charge >= 0.3 is 0 Å². The number of hydrogen-bond acceptors (Lipinski definition) is 5. The van der Waals surface area contributed by atoms with Crippen molar-refractivity contribution in [3.05, 3.63) is 205 Å². The van der Waals surface area contributed by atoms with Gasteiger partial charge in [0.1, 0.15) is 34.3 Å². The molecule has 0 aliphatic carbocycles. The van der Waals surface area contributed by atoms with Gasteiger partial charge in [0.2, 0.25) is 0 Å². The number of amidine groups is 2. The first-order valence-corrected chi connectivity index (χ1v) is 19.6. The van der Waals surface area contributed by atoms with Crippen molar-refractivity contribution in [1.29, 1.82) is 0 Å². The van der Waals surface area contributed by atoms with E-state index in [1.807, 2.05) is 36.4 Å². The minimum absolute atomic E-state index is 0.434. The molecule has 5 nitrogen and oxygen atoms in total. The zero-order chi connectivity index (χ0) is 38.2. The van der Waals surface area contributed by atoms with Gasteiger partial charge in [0.25, 0.3) is 0 Å². The van der Waals surface area contributed by atoms with Crippen LogP contribution in [0.1, 0.15) is 22.9 Å². The maximum Gasteiger partial charge on any atom is 0.159 e. The van der Waals surface area contributed by atoms with Gasteiger partial charge in [-0.05, 0) is 68.6 Å². The molecule has 11 aromatic rings. The Morgan fingerprint density at radius 1 is 0.414 bits per heavy atom. The fourth-order valence-electron chi connectivity index (χ4n) is 8.87. The van der Waals surface area contributed by atoms with Gasteiger partial charge in [0.15, 0.2) is 5.84 Å². The lowest BCUT2D eigenvalue weighted by Gasteiger charge is -2.25. The van der Waals surface area contributed by atoms with Crippen molar-refractivity contribution < 1.29 is 8.83 Å². The van der Waals surface area contributed by atoms with Crippen LogP contribution in [-0.2, 0) is 0 Å². The molecule has 0 bridgehead atoms. The molecule has 0 radical (unpaired) electrons. The van der Waals surface area contributed by atoms with Gasteiger partial charge in [-0.15, -0.1) is 0 Å². The number of benzene rings is 9. The van der Waals surface area contributed by atoms with Crippen LogP contribution in [0.25, 0.3) is 87.7 Å². The molecule has 0 saturated carbocycles. The summed E-state index contributed by atoms with van der Waals surface area (Å²) in [6.45, 7) is 0. The fraction of sp³-hybridized carbons (Fsp3) is 0.0189. The highest BCUT2D eigenvalue weighted by Gasteiger charge is 2.26. The first kappa shape index (κ1) is 32.5. The van der Waals surface area contributed by atoms with E-state index in [1.165, 1.54) is 5.39 Å². The maximum atomic E-state index is 6.67. The highest BCUT2D eigenvalue weighted by molar-refractivity contribution is 6.23. The zero-order valence-corrected chi connectivity index (χ0v) is 31.2. The number of nitrogens with zero attached hydrogens (tertiary/aromatic N) is 2. The molecule has 1 atom stereocenters. The van der Waals surface area contributed by atoms with Crippen LogP contribution in [-0.4, -0.2) is 11.7 Å². The van der Waals surface area contributed by atoms with E-state index in [9.17, 15) is 0 Å². The summed E-state index contributed by atoms with van der Waals surface area (Å²) in [5.41, 5.74) is 10.9. The monoisotopic (exact) mass is 743 g/mol. The Morgan fingerprint density at radius 2 is 1.07 bits per heavy atom. The molecule has 58 heavy (non-hydrogen) atoms. The van der Waals surface area contributed by atoms with E-state index in [4.69, 9.17) is 18.8 Å². The lowest BCUT2D eigenvalue weighted by atomic mass is 9.90. The molecule has 2 aromatic heterocycles. The Morgan fingerprint density at radius 3 is 1.91 bits per heavy atom. The summed E-state index contributed by atoms with van der Waals surface area (Å²) in [4.78, 5) is 10.7. The van der Waals surface area contributed by atoms with Gasteiger partial charge in [-0.1, -0.05) is 158 Å². The van der Waals surface area contributed by atoms with E-state index in [0.717, 1.165) is 105 Å². The number of nitrogens with one attached hydrogen (secondary N) is 1. The Balaban J connectivity index is 1.06. The highest BCUT2D eigenvalue weighted by Crippen LogP contribution is 2.44. The Bertz CT molecular complexity index is 3500. The van der Waals surface area contributed by atoms with Crippen molar-refractivity contribution in [3.63, 3.8) is 0 Å². The van der Waals surface area contributed by atoms with Gasteiger partial charge in [-0.3, -0.25) is 0 Å². The van der Waals surface area contributed by atoms with Gasteiger partial charge in [-0.2, -0.15) is 0 Å². The summed E-state index contributed by atoms with van der Waals surface area (Å²) in [5.74, 6) is 1.42. The topological polar surface area (TPSA) is 63.0 Å². The summed E-state index contributed by atoms with van der Waals surface area (Å²) in [6.07, 6.45) is -0.434. The third-order valence-electron chi connectivity index (χ3n) is 11.6. The van der Waals surface area contributed by atoms with Crippen molar-refractivity contribution in [1.82, 2.24) is 5.32 Å². The largest absolute Gasteiger partial charge is 0.456 e. The number of para-hydroxylation sites is 2. The van der Waals surface area contributed by atoms with Crippen LogP contribution in [0.15, 0.2) is 207 Å². The third-order valence-corrected chi connectivity index (χ3v) is 11.6. The van der Waals surface area contributed by atoms with E-state index in [0.29, 0.717) is 5.84 Å². The van der Waals surface area contributed by atoms with Crippen LogP contribution in [0.5, 0.6) is 0 Å². The molecule has 12 rings (SSSR count). The predicted molar refractivity (Wildman–Crippen MR) is 239 cm³/mol. The van der Waals surface area contributed by atoms with Crippen LogP contribution in [0.4, 0.5) is 0 Å². The molecule has 1 N–H and O–H groups in total. The van der Waals surface area contributed by atoms with Gasteiger partial charge in [0.05, 0.1) is 0 Å². The predicted octanol–water partition coefficient (Wildman–Crippen LogP) is 13.6. The highest BCUT2D eigenvalue weighted by atomic mass is 16.3. The number of fused-ring (bicyclic) bond motifs is 8. The van der Waals surface area contributed by atoms with Crippen LogP contribution in [0, 0.1) is 0 Å². The Labute approximate surface area is 333 Å². The maximum absolute atomic E-state index is 6.67. The standard InChI is InChI=1S/C53H33N3O2/c1-2-14-33(15-3-1)36-27-29-40(49-43-20-9-11-23-46(43)58-50(36)49)39-28-30-41(38-18-7-6-17-37(38)39)52-54-51(35-26-25-32-13-4-5-16-34(32)31-35)55-53(56-52)44-21-12-24-47-48(44)42-19-8-10-22-45(42)57-47/h1-31,52H,(H,54,55,56). The van der Waals surface area contributed by atoms with E-state index in [-0.39, 0.29) is 0 Å². The van der Waals surface area contributed by atoms with E-state index < -0.39 is 6.17 Å². The zero-order valence-electron chi connectivity index (χ0n) is 31.2. The van der Waals surface area contributed by atoms with Crippen LogP contribution in [0.2, 0.25) is 0 Å². The Hall–Kier alpha value is -7.76. The molecule has 1 aliphatic rings. The summed E-state index contributed by atoms with van der Waals surface area (Å²) >= 11 is 0. The van der Waals surface area contributed by atoms with Crippen molar-refractivity contribution in [3.8, 4) is 22.3 Å². The lowest BCUT2D eigenvalue weighted by molar-refractivity contribution is 0.668. The van der Waals surface area contributed by atoms with Crippen molar-refractivity contribution in [2.45, 2.75) is 6.17 Å². The molecule has 1 aliphatic heterocycles. The van der Waals surface area contributed by atoms with Crippen molar-refractivity contribution >= 4 is 77.1 Å². The van der Waals surface area contributed by atoms with Crippen LogP contribution < -0.4 is 5.32 Å². The normalized spacial score (nSPS) is 14.4. The fourth-order valence-corrected chi connectivity index (χ4v) is 8.87. The molecule has 9 aromatic carbocycles. The van der Waals surface area contributed by atoms with E-state index >= 15 is 0 Å². The lowest BCUT2D eigenvalue weighted by Crippen LogP contribution is -2.33. The second-order valence-electron chi connectivity index (χ2n) is 14.9. The third kappa shape index (κ3) is 5.10. The van der Waals surface area contributed by atoms with Gasteiger partial charge in [0, 0.05) is 43.8 Å². The number of furan rings is 2. The molecule has 0 fully saturated rings. The molecule has 5 heteroatoms. The van der Waals surface area contributed by atoms with Crippen molar-refractivity contribution in [2.24, 2.45) is 9.98 Å². The number of hydrogen-bond donors (Lipinski definition) is 1. The van der Waals surface area contributed by atoms with Crippen LogP contribution in [0.3, 0.4) is 0 Å². The SMILES string of the molecule is c1ccc(-c2ccc(-c3ccc(C4N=C(c5ccc6ccccc6c5)N=C(c5cccc6oc7ccccc7c56)N4)c4ccccc34)c3c2oc2ccccc23)cc1. The van der Waals surface area contributed by atoms with Crippen LogP contribution >= 0.6 is 0 Å². The summed E-state index contributed by atoms with van der Waals surface area (Å²) < 4.78 is 13.0. The molecule has 0 spiro atoms. The Kier molecular flexibility index (Phi) is 7.23. The number of aliphatic imine (C=N–C) groups is 2. The minimum Gasteiger partial charge on any atom is -0.456 e. The average molecular weight is 744 g/mol. The molecular formula is C53H33N3O2. The first-order chi connectivity index (χ1) is 28.7. The summed E-state index contributed by atoms with van der Waals surface area (Å²) in [6, 6.07) is 65.7. The quantitative estimate of drug-likeness (QED) is 0.191. The molecule has 1 unspecified atom stereocenters. The first-order valence-electron chi connectivity index (χ1n) is 19.6. The average Bonchev–Trinajstić information content (AvgIpc) is 3.88. The summed E-state index contributed by atoms with van der Waals surface area (Å²) in [7, 11) is 0. The molecular weight excluding hydrogens is 711 g/mol. The molecule has 0 saturated heterocycles. The summed E-state index contributed by atoms with van der Waals surface area (Å²) in [5, 5.41) is 12.6. The molecule has 0 amide bonds. The van der Waals surface area contributed by atoms with E-state index in [1.54, 1.807) is 0 Å². The second kappa shape index (κ2) is 12.9. The molecule has 272 valence electrons. The smallest absolute Gasteiger partial charge is 0.159 e. The van der Waals surface area contributed by atoms with E-state index in [2.05, 4.69) is 157 Å². The number of rotatable bonds is 5. The second-order valence-corrected chi connectivity index (χ2v) is 14.9. The minimum atomic E-state index is -0.434. The van der Waals surface area contributed by atoms with Gasteiger partial charge in [-0.25, -0.2) is 9.98 Å². The molecule has 3 heterocycles.